The lowest BCUT2D eigenvalue weighted by molar-refractivity contribution is 0.0583. The first-order valence-corrected chi connectivity index (χ1v) is 8.22. The molecule has 126 valence electrons. The smallest absolute Gasteiger partial charge is 0.414 e. The number of hydrogen-bond acceptors (Lipinski definition) is 3. The molecule has 1 unspecified atom stereocenters. The van der Waals surface area contributed by atoms with Gasteiger partial charge in [-0.1, -0.05) is 48.5 Å². The zero-order valence-electron chi connectivity index (χ0n) is 14.3. The fourth-order valence-corrected chi connectivity index (χ4v) is 3.02. The molecule has 1 amide bonds. The van der Waals surface area contributed by atoms with Gasteiger partial charge in [0.2, 0.25) is 0 Å². The van der Waals surface area contributed by atoms with Crippen LogP contribution in [0.25, 0.3) is 0 Å². The lowest BCUT2D eigenvalue weighted by Crippen LogP contribution is -2.36. The van der Waals surface area contributed by atoms with Crippen molar-refractivity contribution in [2.45, 2.75) is 38.9 Å². The molecule has 2 aromatic carbocycles. The fourth-order valence-electron chi connectivity index (χ4n) is 3.02. The highest BCUT2D eigenvalue weighted by Crippen LogP contribution is 2.38. The summed E-state index contributed by atoms with van der Waals surface area (Å²) in [6.07, 6.45) is -0.373. The second kappa shape index (κ2) is 6.29. The van der Waals surface area contributed by atoms with Crippen LogP contribution in [0.1, 0.15) is 43.6 Å². The van der Waals surface area contributed by atoms with E-state index < -0.39 is 11.7 Å². The maximum absolute atomic E-state index is 12.6. The van der Waals surface area contributed by atoms with E-state index in [4.69, 9.17) is 4.74 Å². The van der Waals surface area contributed by atoms with Crippen LogP contribution < -0.4 is 4.90 Å². The van der Waals surface area contributed by atoms with Gasteiger partial charge >= 0.3 is 6.09 Å². The van der Waals surface area contributed by atoms with Gasteiger partial charge in [0.05, 0.1) is 5.69 Å². The van der Waals surface area contributed by atoms with E-state index in [2.05, 4.69) is 0 Å². The fraction of sp³-hybridized carbons (Fsp3) is 0.350. The average Bonchev–Trinajstić information content (AvgIpc) is 2.97. The number of hydrogen-bond donors (Lipinski definition) is 1. The molecule has 0 aliphatic carbocycles. The number of amides is 1. The minimum absolute atomic E-state index is 0.367. The summed E-state index contributed by atoms with van der Waals surface area (Å²) < 4.78 is 5.52. The first-order valence-electron chi connectivity index (χ1n) is 8.22. The molecule has 1 heterocycles. The van der Waals surface area contributed by atoms with Gasteiger partial charge in [0.25, 0.3) is 0 Å². The summed E-state index contributed by atoms with van der Waals surface area (Å²) in [6.45, 7) is 6.13. The lowest BCUT2D eigenvalue weighted by atomic mass is 9.97. The number of para-hydroxylation sites is 1. The number of carbonyl (C=O) groups excluding carboxylic acids is 1. The minimum atomic E-state index is -0.774. The summed E-state index contributed by atoms with van der Waals surface area (Å²) in [7, 11) is 0. The second-order valence-corrected chi connectivity index (χ2v) is 7.05. The van der Waals surface area contributed by atoms with E-state index in [-0.39, 0.29) is 6.09 Å². The molecule has 0 aromatic heterocycles. The Labute approximate surface area is 142 Å². The van der Waals surface area contributed by atoms with Crippen molar-refractivity contribution >= 4 is 11.8 Å². The topological polar surface area (TPSA) is 49.8 Å². The number of aliphatic hydroxyl groups excluding tert-OH is 1. The molecule has 1 N–H and O–H groups in total. The molecule has 1 atom stereocenters. The van der Waals surface area contributed by atoms with Gasteiger partial charge in [-0.3, -0.25) is 4.90 Å². The largest absolute Gasteiger partial charge is 0.443 e. The van der Waals surface area contributed by atoms with E-state index >= 15 is 0 Å². The second-order valence-electron chi connectivity index (χ2n) is 7.05. The Kier molecular flexibility index (Phi) is 4.33. The number of carbonyl (C=O) groups is 1. The molecule has 4 heteroatoms. The van der Waals surface area contributed by atoms with Crippen molar-refractivity contribution in [3.05, 3.63) is 65.2 Å². The van der Waals surface area contributed by atoms with Crippen LogP contribution in [0, 0.1) is 0 Å². The van der Waals surface area contributed by atoms with Gasteiger partial charge in [-0.05, 0) is 38.3 Å². The normalized spacial score (nSPS) is 15.1. The predicted molar refractivity (Wildman–Crippen MR) is 94.2 cm³/mol. The molecular weight excluding hydrogens is 302 g/mol. The number of fused-ring (bicyclic) bond motifs is 1. The summed E-state index contributed by atoms with van der Waals surface area (Å²) in [5.41, 5.74) is 2.84. The molecule has 4 nitrogen and oxygen atoms in total. The average molecular weight is 325 g/mol. The van der Waals surface area contributed by atoms with Crippen molar-refractivity contribution in [3.63, 3.8) is 0 Å². The number of benzene rings is 2. The van der Waals surface area contributed by atoms with Gasteiger partial charge < -0.3 is 9.84 Å². The summed E-state index contributed by atoms with van der Waals surface area (Å²) in [6, 6.07) is 15.3. The number of nitrogens with zero attached hydrogens (tertiary/aromatic N) is 1. The third kappa shape index (κ3) is 3.29. The third-order valence-electron chi connectivity index (χ3n) is 4.05. The highest BCUT2D eigenvalue weighted by molar-refractivity contribution is 5.92. The lowest BCUT2D eigenvalue weighted by Gasteiger charge is -2.27. The third-order valence-corrected chi connectivity index (χ3v) is 4.05. The molecule has 1 aliphatic rings. The highest BCUT2D eigenvalue weighted by atomic mass is 16.6. The maximum atomic E-state index is 12.6. The van der Waals surface area contributed by atoms with Crippen LogP contribution >= 0.6 is 0 Å². The van der Waals surface area contributed by atoms with E-state index in [0.717, 1.165) is 28.8 Å². The first-order chi connectivity index (χ1) is 11.4. The molecule has 0 saturated heterocycles. The van der Waals surface area contributed by atoms with Crippen molar-refractivity contribution in [2.75, 3.05) is 11.4 Å². The van der Waals surface area contributed by atoms with Crippen molar-refractivity contribution in [1.29, 1.82) is 0 Å². The van der Waals surface area contributed by atoms with E-state index in [1.54, 1.807) is 4.90 Å². The Balaban J connectivity index is 1.97. The van der Waals surface area contributed by atoms with Gasteiger partial charge in [0.15, 0.2) is 0 Å². The van der Waals surface area contributed by atoms with Crippen LogP contribution in [0.15, 0.2) is 48.5 Å². The Morgan fingerprint density at radius 2 is 1.83 bits per heavy atom. The number of ether oxygens (including phenoxy) is 1. The van der Waals surface area contributed by atoms with Crippen LogP contribution in [0.2, 0.25) is 0 Å². The summed E-state index contributed by atoms with van der Waals surface area (Å²) in [5, 5.41) is 10.8. The molecule has 0 saturated carbocycles. The van der Waals surface area contributed by atoms with E-state index in [0.29, 0.717) is 6.54 Å². The van der Waals surface area contributed by atoms with Crippen molar-refractivity contribution in [1.82, 2.24) is 0 Å². The van der Waals surface area contributed by atoms with Crippen molar-refractivity contribution in [3.8, 4) is 0 Å². The summed E-state index contributed by atoms with van der Waals surface area (Å²) in [5.74, 6) is 0. The van der Waals surface area contributed by atoms with Gasteiger partial charge in [-0.15, -0.1) is 0 Å². The predicted octanol–water partition coefficient (Wildman–Crippen LogP) is 4.07. The van der Waals surface area contributed by atoms with E-state index in [9.17, 15) is 9.90 Å². The Morgan fingerprint density at radius 1 is 1.12 bits per heavy atom. The molecule has 0 fully saturated rings. The Hall–Kier alpha value is -2.33. The van der Waals surface area contributed by atoms with Crippen LogP contribution in [0.3, 0.4) is 0 Å². The van der Waals surface area contributed by atoms with Crippen LogP contribution in [0.5, 0.6) is 0 Å². The minimum Gasteiger partial charge on any atom is -0.443 e. The van der Waals surface area contributed by atoms with Gasteiger partial charge in [0, 0.05) is 12.1 Å². The number of anilines is 1. The maximum Gasteiger partial charge on any atom is 0.414 e. The van der Waals surface area contributed by atoms with E-state index in [1.807, 2.05) is 69.3 Å². The monoisotopic (exact) mass is 325 g/mol. The van der Waals surface area contributed by atoms with Crippen LogP contribution in [-0.4, -0.2) is 23.3 Å². The molecule has 0 bridgehead atoms. The molecule has 1 aliphatic heterocycles. The summed E-state index contributed by atoms with van der Waals surface area (Å²) >= 11 is 0. The standard InChI is InChI=1S/C20H23NO3/c1-20(2,3)24-19(23)21-13-12-14-10-7-11-16(17(14)21)18(22)15-8-5-4-6-9-15/h4-11,18,22H,12-13H2,1-3H3. The zero-order chi connectivity index (χ0) is 17.3. The van der Waals surface area contributed by atoms with Gasteiger partial charge in [0.1, 0.15) is 11.7 Å². The van der Waals surface area contributed by atoms with Crippen molar-refractivity contribution < 1.29 is 14.6 Å². The molecule has 0 radical (unpaired) electrons. The Bertz CT molecular complexity index is 734. The SMILES string of the molecule is CC(C)(C)OC(=O)N1CCc2cccc(C(O)c3ccccc3)c21. The van der Waals surface area contributed by atoms with Gasteiger partial charge in [-0.25, -0.2) is 4.79 Å². The zero-order valence-corrected chi connectivity index (χ0v) is 14.3. The quantitative estimate of drug-likeness (QED) is 0.905. The molecule has 3 rings (SSSR count). The first kappa shape index (κ1) is 16.5. The summed E-state index contributed by atoms with van der Waals surface area (Å²) in [4.78, 5) is 14.2. The molecule has 24 heavy (non-hydrogen) atoms. The van der Waals surface area contributed by atoms with Crippen LogP contribution in [0.4, 0.5) is 10.5 Å². The molecule has 2 aromatic rings. The number of rotatable bonds is 2. The van der Waals surface area contributed by atoms with Crippen LogP contribution in [-0.2, 0) is 11.2 Å². The Morgan fingerprint density at radius 3 is 2.50 bits per heavy atom. The molecular formula is C20H23NO3. The van der Waals surface area contributed by atoms with Gasteiger partial charge in [-0.2, -0.15) is 0 Å². The van der Waals surface area contributed by atoms with Crippen molar-refractivity contribution in [2.24, 2.45) is 0 Å². The number of aliphatic hydroxyl groups is 1. The molecule has 0 spiro atoms. The van der Waals surface area contributed by atoms with E-state index in [1.165, 1.54) is 0 Å². The highest BCUT2D eigenvalue weighted by Gasteiger charge is 2.32.